The zero-order valence-corrected chi connectivity index (χ0v) is 24.4. The van der Waals surface area contributed by atoms with E-state index in [1.54, 1.807) is 9.80 Å². The number of amides is 3. The summed E-state index contributed by atoms with van der Waals surface area (Å²) in [5.74, 6) is 0.0901. The molecule has 0 saturated carbocycles. The third-order valence-electron chi connectivity index (χ3n) is 8.63. The van der Waals surface area contributed by atoms with Gasteiger partial charge in [0.25, 0.3) is 0 Å². The second-order valence-electron chi connectivity index (χ2n) is 11.8. The summed E-state index contributed by atoms with van der Waals surface area (Å²) in [4.78, 5) is 44.5. The van der Waals surface area contributed by atoms with E-state index in [0.717, 1.165) is 18.1 Å². The Morgan fingerprint density at radius 3 is 2.37 bits per heavy atom. The molecule has 220 valence electrons. The number of benzene rings is 2. The molecule has 2 aromatic rings. The van der Waals surface area contributed by atoms with E-state index < -0.39 is 22.4 Å². The quantitative estimate of drug-likeness (QED) is 0.415. The average molecular weight is 588 g/mol. The first-order chi connectivity index (χ1) is 19.4. The van der Waals surface area contributed by atoms with Crippen molar-refractivity contribution in [2.24, 2.45) is 5.92 Å². The van der Waals surface area contributed by atoms with Crippen molar-refractivity contribution < 1.29 is 27.6 Å². The van der Waals surface area contributed by atoms with Gasteiger partial charge in [-0.25, -0.2) is 0 Å². The summed E-state index contributed by atoms with van der Waals surface area (Å²) < 4.78 is 40.6. The van der Waals surface area contributed by atoms with E-state index in [2.05, 4.69) is 13.8 Å². The van der Waals surface area contributed by atoms with Gasteiger partial charge in [0, 0.05) is 50.6 Å². The highest BCUT2D eigenvalue weighted by Crippen LogP contribution is 2.49. The summed E-state index contributed by atoms with van der Waals surface area (Å²) >= 11 is 1.52. The molecule has 41 heavy (non-hydrogen) atoms. The molecule has 3 aliphatic heterocycles. The Balaban J connectivity index is 1.29. The Bertz CT molecular complexity index is 1310. The summed E-state index contributed by atoms with van der Waals surface area (Å²) in [7, 11) is 0. The molecule has 10 heteroatoms. The van der Waals surface area contributed by atoms with Crippen molar-refractivity contribution in [3.8, 4) is 0 Å². The van der Waals surface area contributed by atoms with Crippen LogP contribution in [-0.2, 0) is 26.0 Å². The normalized spacial score (nSPS) is 22.1. The van der Waals surface area contributed by atoms with Gasteiger partial charge in [-0.3, -0.25) is 14.4 Å². The number of fused-ring (bicyclic) bond motifs is 2. The van der Waals surface area contributed by atoms with Crippen molar-refractivity contribution in [3.05, 3.63) is 65.2 Å². The first-order valence-electron chi connectivity index (χ1n) is 14.2. The smallest absolute Gasteiger partial charge is 0.343 e. The number of carbonyl (C=O) groups excluding carboxylic acids is 3. The fraction of sp³-hybridized carbons (Fsp3) is 0.516. The van der Waals surface area contributed by atoms with Crippen molar-refractivity contribution in [2.75, 3.05) is 31.1 Å². The highest BCUT2D eigenvalue weighted by molar-refractivity contribution is 8.01. The fourth-order valence-corrected chi connectivity index (χ4v) is 7.72. The molecule has 2 atom stereocenters. The van der Waals surface area contributed by atoms with Crippen LogP contribution in [0.15, 0.2) is 48.5 Å². The molecule has 5 rings (SSSR count). The number of hydrogen-bond acceptors (Lipinski definition) is 4. The van der Waals surface area contributed by atoms with Gasteiger partial charge in [-0.15, -0.1) is 11.8 Å². The lowest BCUT2D eigenvalue weighted by atomic mass is 9.74. The first-order valence-corrected chi connectivity index (χ1v) is 15.1. The lowest BCUT2D eigenvalue weighted by Crippen LogP contribution is -2.48. The summed E-state index contributed by atoms with van der Waals surface area (Å²) in [5, 5.41) is -0.620. The van der Waals surface area contributed by atoms with Crippen LogP contribution >= 0.6 is 11.8 Å². The second kappa shape index (κ2) is 11.3. The second-order valence-corrected chi connectivity index (χ2v) is 13.1. The van der Waals surface area contributed by atoms with Gasteiger partial charge in [-0.05, 0) is 54.5 Å². The Kier molecular flexibility index (Phi) is 8.16. The maximum atomic E-state index is 13.5. The molecule has 0 aliphatic carbocycles. The van der Waals surface area contributed by atoms with E-state index in [4.69, 9.17) is 0 Å². The number of alkyl halides is 3. The Hall–Kier alpha value is -3.01. The number of nitrogens with zero attached hydrogens (tertiary/aromatic N) is 3. The highest BCUT2D eigenvalue weighted by Gasteiger charge is 2.48. The zero-order valence-electron chi connectivity index (χ0n) is 23.6. The molecule has 0 radical (unpaired) electrons. The van der Waals surface area contributed by atoms with E-state index in [0.29, 0.717) is 56.2 Å². The van der Waals surface area contributed by atoms with Crippen molar-refractivity contribution in [1.29, 1.82) is 0 Å². The van der Waals surface area contributed by atoms with Crippen LogP contribution in [0.25, 0.3) is 0 Å². The molecule has 0 aromatic heterocycles. The average Bonchev–Trinajstić information content (AvgIpc) is 3.42. The number of carbonyl (C=O) groups is 3. The van der Waals surface area contributed by atoms with Crippen LogP contribution in [0.1, 0.15) is 68.5 Å². The predicted molar refractivity (Wildman–Crippen MR) is 153 cm³/mol. The lowest BCUT2D eigenvalue weighted by molar-refractivity contribution is -0.137. The number of rotatable bonds is 6. The van der Waals surface area contributed by atoms with Crippen molar-refractivity contribution in [3.63, 3.8) is 0 Å². The third kappa shape index (κ3) is 5.85. The van der Waals surface area contributed by atoms with E-state index in [1.807, 2.05) is 35.2 Å². The maximum Gasteiger partial charge on any atom is 0.416 e. The topological polar surface area (TPSA) is 60.9 Å². The minimum Gasteiger partial charge on any atom is -0.343 e. The molecule has 2 fully saturated rings. The van der Waals surface area contributed by atoms with Crippen molar-refractivity contribution in [2.45, 2.75) is 68.7 Å². The molecule has 2 aromatic carbocycles. The van der Waals surface area contributed by atoms with E-state index in [1.165, 1.54) is 30.8 Å². The molecular weight excluding hydrogens is 551 g/mol. The largest absolute Gasteiger partial charge is 0.416 e. The summed E-state index contributed by atoms with van der Waals surface area (Å²) in [5.41, 5.74) is 0.724. The van der Waals surface area contributed by atoms with Gasteiger partial charge in [0.15, 0.2) is 0 Å². The molecular formula is C31H36F3N3O3S. The molecule has 3 heterocycles. The maximum absolute atomic E-state index is 13.5. The first kappa shape index (κ1) is 29.5. The lowest BCUT2D eigenvalue weighted by Gasteiger charge is -2.40. The van der Waals surface area contributed by atoms with Gasteiger partial charge in [0.05, 0.1) is 10.8 Å². The molecule has 3 aliphatic rings. The van der Waals surface area contributed by atoms with Gasteiger partial charge in [-0.2, -0.15) is 13.2 Å². The predicted octanol–water partition coefficient (Wildman–Crippen LogP) is 6.01. The van der Waals surface area contributed by atoms with Gasteiger partial charge in [0.2, 0.25) is 17.7 Å². The molecule has 1 spiro atoms. The number of likely N-dealkylation sites (tertiary alicyclic amines) is 1. The van der Waals surface area contributed by atoms with E-state index >= 15 is 0 Å². The summed E-state index contributed by atoms with van der Waals surface area (Å²) in [6.45, 7) is 7.33. The molecule has 0 N–H and O–H groups in total. The minimum absolute atomic E-state index is 0.0205. The molecule has 3 amide bonds. The van der Waals surface area contributed by atoms with Crippen LogP contribution in [-0.4, -0.2) is 59.0 Å². The number of halogens is 3. The Labute approximate surface area is 243 Å². The van der Waals surface area contributed by atoms with Crippen LogP contribution in [0.3, 0.4) is 0 Å². The summed E-state index contributed by atoms with van der Waals surface area (Å²) in [6.07, 6.45) is -2.61. The number of anilines is 1. The summed E-state index contributed by atoms with van der Waals surface area (Å²) in [6, 6.07) is 13.5. The molecule has 0 bridgehead atoms. The Morgan fingerprint density at radius 1 is 1.07 bits per heavy atom. The van der Waals surface area contributed by atoms with E-state index in [-0.39, 0.29) is 29.5 Å². The SMILES string of the molecule is CC(=O)N1CC2(CCN(C(=O)CC3SC(c4ccccc4)N(CCC(C)C)C3=O)CC2)c2cc(C(F)(F)F)ccc21. The monoisotopic (exact) mass is 587 g/mol. The third-order valence-corrected chi connectivity index (χ3v) is 10.1. The standard InChI is InChI=1S/C31H36F3N3O3S/c1-20(2)11-14-36-28(40)26(41-29(36)22-7-5-4-6-8-22)18-27(39)35-15-12-30(13-16-35)19-37(21(3)38)25-10-9-23(17-24(25)30)31(32,33)34/h4-10,17,20,26,29H,11-16,18-19H2,1-3H3. The highest BCUT2D eigenvalue weighted by atomic mass is 32.2. The van der Waals surface area contributed by atoms with Crippen molar-refractivity contribution >= 4 is 35.2 Å². The molecule has 2 unspecified atom stereocenters. The van der Waals surface area contributed by atoms with Crippen LogP contribution in [0, 0.1) is 5.92 Å². The van der Waals surface area contributed by atoms with Crippen LogP contribution in [0.5, 0.6) is 0 Å². The van der Waals surface area contributed by atoms with Gasteiger partial charge in [-0.1, -0.05) is 44.2 Å². The number of piperidine rings is 1. The fourth-order valence-electron chi connectivity index (χ4n) is 6.25. The van der Waals surface area contributed by atoms with Crippen LogP contribution in [0.2, 0.25) is 0 Å². The Morgan fingerprint density at radius 2 is 1.76 bits per heavy atom. The molecule has 2 saturated heterocycles. The molecule has 6 nitrogen and oxygen atoms in total. The number of thioether (sulfide) groups is 1. The number of hydrogen-bond donors (Lipinski definition) is 0. The van der Waals surface area contributed by atoms with Gasteiger partial charge in [0.1, 0.15) is 5.37 Å². The van der Waals surface area contributed by atoms with Gasteiger partial charge >= 0.3 is 6.18 Å². The van der Waals surface area contributed by atoms with E-state index in [9.17, 15) is 27.6 Å². The van der Waals surface area contributed by atoms with Gasteiger partial charge < -0.3 is 14.7 Å². The minimum atomic E-state index is -4.48. The van der Waals surface area contributed by atoms with Crippen molar-refractivity contribution in [1.82, 2.24) is 9.80 Å². The van der Waals surface area contributed by atoms with Crippen LogP contribution < -0.4 is 4.90 Å². The van der Waals surface area contributed by atoms with Crippen LogP contribution in [0.4, 0.5) is 18.9 Å². The zero-order chi connectivity index (χ0) is 29.5.